The Kier molecular flexibility index (Phi) is 5.97. The molecule has 33 heavy (non-hydrogen) atoms. The van der Waals surface area contributed by atoms with Crippen LogP contribution >= 0.6 is 11.8 Å². The number of anilines is 4. The molecule has 2 aliphatic rings. The predicted molar refractivity (Wildman–Crippen MR) is 130 cm³/mol. The highest BCUT2D eigenvalue weighted by Gasteiger charge is 2.23. The number of likely N-dealkylation sites (N-methyl/N-ethyl adjacent to an activating group) is 1. The lowest BCUT2D eigenvalue weighted by atomic mass is 10.2. The monoisotopic (exact) mass is 462 g/mol. The zero-order valence-corrected chi connectivity index (χ0v) is 18.9. The number of nitrogens with one attached hydrogen (secondary N) is 2. The molecule has 2 N–H and O–H groups in total. The summed E-state index contributed by atoms with van der Waals surface area (Å²) in [6.07, 6.45) is 3.32. The second-order valence-corrected chi connectivity index (χ2v) is 9.02. The van der Waals surface area contributed by atoms with Gasteiger partial charge in [0, 0.05) is 37.6 Å². The number of halogens is 1. The molecule has 1 fully saturated rings. The van der Waals surface area contributed by atoms with Gasteiger partial charge in [-0.15, -0.1) is 0 Å². The van der Waals surface area contributed by atoms with E-state index in [0.717, 1.165) is 37.4 Å². The number of fused-ring (bicyclic) bond motifs is 1. The Balaban J connectivity index is 1.30. The van der Waals surface area contributed by atoms with Crippen LogP contribution < -0.4 is 15.5 Å². The van der Waals surface area contributed by atoms with Gasteiger partial charge in [0.2, 0.25) is 5.95 Å². The summed E-state index contributed by atoms with van der Waals surface area (Å²) >= 11 is 1.26. The van der Waals surface area contributed by atoms with Crippen molar-refractivity contribution in [3.63, 3.8) is 0 Å². The molecule has 9 heteroatoms. The topological polar surface area (TPSA) is 73.4 Å². The van der Waals surface area contributed by atoms with Crippen LogP contribution in [0.25, 0.3) is 6.08 Å². The van der Waals surface area contributed by atoms with Gasteiger partial charge in [-0.1, -0.05) is 23.9 Å². The molecule has 2 aliphatic heterocycles. The van der Waals surface area contributed by atoms with Crippen molar-refractivity contribution in [1.82, 2.24) is 14.9 Å². The summed E-state index contributed by atoms with van der Waals surface area (Å²) in [6, 6.07) is 14.2. The molecule has 0 aliphatic carbocycles. The van der Waals surface area contributed by atoms with Gasteiger partial charge in [0.15, 0.2) is 0 Å². The molecule has 0 atom stereocenters. The average Bonchev–Trinajstić information content (AvgIpc) is 2.82. The van der Waals surface area contributed by atoms with Gasteiger partial charge in [0.05, 0.1) is 16.8 Å². The van der Waals surface area contributed by atoms with Crippen LogP contribution in [0.5, 0.6) is 0 Å². The normalized spacial score (nSPS) is 17.6. The van der Waals surface area contributed by atoms with Crippen molar-refractivity contribution in [3.8, 4) is 0 Å². The summed E-state index contributed by atoms with van der Waals surface area (Å²) < 4.78 is 13.2. The third-order valence-corrected chi connectivity index (χ3v) is 6.62. The molecule has 0 bridgehead atoms. The number of carbonyl (C=O) groups excluding carboxylic acids is 1. The third-order valence-electron chi connectivity index (χ3n) is 5.59. The van der Waals surface area contributed by atoms with E-state index in [4.69, 9.17) is 0 Å². The number of thioether (sulfide) groups is 1. The first-order valence-electron chi connectivity index (χ1n) is 10.7. The van der Waals surface area contributed by atoms with Crippen LogP contribution in [0.15, 0.2) is 64.7 Å². The van der Waals surface area contributed by atoms with E-state index < -0.39 is 0 Å². The maximum Gasteiger partial charge on any atom is 0.262 e. The Morgan fingerprint density at radius 2 is 1.79 bits per heavy atom. The number of piperazine rings is 1. The maximum absolute atomic E-state index is 13.2. The molecule has 0 radical (unpaired) electrons. The lowest BCUT2D eigenvalue weighted by molar-refractivity contribution is -0.112. The summed E-state index contributed by atoms with van der Waals surface area (Å²) in [5.74, 6) is -0.102. The van der Waals surface area contributed by atoms with Crippen LogP contribution in [0, 0.1) is 5.82 Å². The first-order valence-corrected chi connectivity index (χ1v) is 11.5. The molecular weight excluding hydrogens is 439 g/mol. The zero-order valence-electron chi connectivity index (χ0n) is 18.1. The molecular formula is C24H23FN6OS. The number of hydrogen-bond acceptors (Lipinski definition) is 7. The van der Waals surface area contributed by atoms with Crippen molar-refractivity contribution < 1.29 is 9.18 Å². The van der Waals surface area contributed by atoms with Gasteiger partial charge in [-0.2, -0.15) is 0 Å². The summed E-state index contributed by atoms with van der Waals surface area (Å²) in [4.78, 5) is 26.5. The Morgan fingerprint density at radius 1 is 1.06 bits per heavy atom. The Morgan fingerprint density at radius 3 is 2.52 bits per heavy atom. The standard InChI is InChI=1S/C24H23FN6OS/c1-30-10-12-31(13-11-30)19-8-6-18(7-9-19)27-24-26-15-20-23(29-24)33-21(22(32)28-20)14-16-2-4-17(25)5-3-16/h2-9,14-15H,10-13H2,1H3,(H,28,32)(H,26,27,29). The highest BCUT2D eigenvalue weighted by molar-refractivity contribution is 8.04. The SMILES string of the molecule is CN1CCN(c2ccc(Nc3ncc4c(n3)SC(=Cc3ccc(F)cc3)C(=O)N4)cc2)CC1. The fraction of sp³-hybridized carbons (Fsp3) is 0.208. The number of rotatable bonds is 4. The summed E-state index contributed by atoms with van der Waals surface area (Å²) in [7, 11) is 2.15. The summed E-state index contributed by atoms with van der Waals surface area (Å²) in [6.45, 7) is 4.17. The van der Waals surface area contributed by atoms with E-state index in [1.807, 2.05) is 12.1 Å². The molecule has 0 spiro atoms. The Bertz CT molecular complexity index is 1190. The molecule has 2 aromatic carbocycles. The summed E-state index contributed by atoms with van der Waals surface area (Å²) in [5, 5.41) is 6.70. The van der Waals surface area contributed by atoms with Crippen LogP contribution in [-0.4, -0.2) is 54.0 Å². The molecule has 1 saturated heterocycles. The van der Waals surface area contributed by atoms with Gasteiger partial charge < -0.3 is 20.4 Å². The molecule has 0 unspecified atom stereocenters. The fourth-order valence-electron chi connectivity index (χ4n) is 3.68. The van der Waals surface area contributed by atoms with Crippen molar-refractivity contribution in [3.05, 3.63) is 71.0 Å². The van der Waals surface area contributed by atoms with E-state index in [0.29, 0.717) is 21.6 Å². The van der Waals surface area contributed by atoms with E-state index in [1.165, 1.54) is 29.6 Å². The molecule has 0 saturated carbocycles. The minimum Gasteiger partial charge on any atom is -0.369 e. The van der Waals surface area contributed by atoms with Crippen molar-refractivity contribution in [1.29, 1.82) is 0 Å². The van der Waals surface area contributed by atoms with Gasteiger partial charge in [0.25, 0.3) is 5.91 Å². The van der Waals surface area contributed by atoms with Crippen molar-refractivity contribution in [2.75, 3.05) is 48.8 Å². The maximum atomic E-state index is 13.2. The zero-order chi connectivity index (χ0) is 22.8. The molecule has 7 nitrogen and oxygen atoms in total. The Labute approximate surface area is 195 Å². The lowest BCUT2D eigenvalue weighted by Gasteiger charge is -2.34. The number of amides is 1. The molecule has 168 valence electrons. The van der Waals surface area contributed by atoms with Crippen LogP contribution in [0.2, 0.25) is 0 Å². The smallest absolute Gasteiger partial charge is 0.262 e. The first kappa shape index (κ1) is 21.4. The molecule has 3 aromatic rings. The lowest BCUT2D eigenvalue weighted by Crippen LogP contribution is -2.44. The molecule has 3 heterocycles. The second-order valence-electron chi connectivity index (χ2n) is 7.99. The van der Waals surface area contributed by atoms with Crippen LogP contribution in [0.4, 0.5) is 27.4 Å². The van der Waals surface area contributed by atoms with Gasteiger partial charge >= 0.3 is 0 Å². The van der Waals surface area contributed by atoms with Crippen LogP contribution in [0.1, 0.15) is 5.56 Å². The average molecular weight is 463 g/mol. The van der Waals surface area contributed by atoms with Gasteiger partial charge in [-0.25, -0.2) is 14.4 Å². The number of nitrogens with zero attached hydrogens (tertiary/aromatic N) is 4. The van der Waals surface area contributed by atoms with E-state index in [1.54, 1.807) is 24.4 Å². The van der Waals surface area contributed by atoms with Gasteiger partial charge in [-0.3, -0.25) is 4.79 Å². The van der Waals surface area contributed by atoms with Gasteiger partial charge in [-0.05, 0) is 55.1 Å². The van der Waals surface area contributed by atoms with Crippen molar-refractivity contribution in [2.45, 2.75) is 5.03 Å². The van der Waals surface area contributed by atoms with Crippen LogP contribution in [-0.2, 0) is 4.79 Å². The second kappa shape index (κ2) is 9.21. The van der Waals surface area contributed by atoms with Crippen molar-refractivity contribution in [2.24, 2.45) is 0 Å². The highest BCUT2D eigenvalue weighted by Crippen LogP contribution is 2.37. The summed E-state index contributed by atoms with van der Waals surface area (Å²) in [5.41, 5.74) is 3.40. The number of benzene rings is 2. The van der Waals surface area contributed by atoms with E-state index >= 15 is 0 Å². The van der Waals surface area contributed by atoms with E-state index in [2.05, 4.69) is 49.6 Å². The molecule has 1 amide bonds. The fourth-order valence-corrected chi connectivity index (χ4v) is 4.57. The van der Waals surface area contributed by atoms with Gasteiger partial charge in [0.1, 0.15) is 10.8 Å². The van der Waals surface area contributed by atoms with E-state index in [9.17, 15) is 9.18 Å². The quantitative estimate of drug-likeness (QED) is 0.445. The predicted octanol–water partition coefficient (Wildman–Crippen LogP) is 4.20. The number of carbonyl (C=O) groups is 1. The minimum atomic E-state index is -0.316. The van der Waals surface area contributed by atoms with Crippen molar-refractivity contribution >= 4 is 46.8 Å². The minimum absolute atomic E-state index is 0.236. The Hall–Kier alpha value is -3.43. The number of hydrogen-bond donors (Lipinski definition) is 2. The molecule has 1 aromatic heterocycles. The van der Waals surface area contributed by atoms with Crippen LogP contribution in [0.3, 0.4) is 0 Å². The van der Waals surface area contributed by atoms with E-state index in [-0.39, 0.29) is 11.7 Å². The molecule has 5 rings (SSSR count). The third kappa shape index (κ3) is 4.99. The largest absolute Gasteiger partial charge is 0.369 e. The highest BCUT2D eigenvalue weighted by atomic mass is 32.2. The number of aromatic nitrogens is 2. The first-order chi connectivity index (χ1) is 16.0.